The zero-order valence-electron chi connectivity index (χ0n) is 16.4. The van der Waals surface area contributed by atoms with Crippen LogP contribution in [0.3, 0.4) is 0 Å². The Labute approximate surface area is 181 Å². The van der Waals surface area contributed by atoms with Crippen LogP contribution in [-0.4, -0.2) is 27.0 Å². The standard InChI is InChI=1S/C23H22ClNO4S/c1-17-7-13-22(14-8-17)30(27,28)25-21(15-18-5-3-2-4-6-18)16-29-23(26)19-9-11-20(24)12-10-19/h2-14,21,25H,15-16H2,1H3. The molecule has 156 valence electrons. The molecule has 0 spiro atoms. The molecule has 0 fully saturated rings. The fourth-order valence-electron chi connectivity index (χ4n) is 2.88. The minimum absolute atomic E-state index is 0.110. The lowest BCUT2D eigenvalue weighted by molar-refractivity contribution is 0.0474. The molecule has 1 N–H and O–H groups in total. The molecule has 3 aromatic carbocycles. The van der Waals surface area contributed by atoms with Crippen LogP contribution in [0.5, 0.6) is 0 Å². The summed E-state index contributed by atoms with van der Waals surface area (Å²) >= 11 is 5.85. The Bertz CT molecular complexity index is 1080. The zero-order valence-corrected chi connectivity index (χ0v) is 18.0. The highest BCUT2D eigenvalue weighted by atomic mass is 35.5. The van der Waals surface area contributed by atoms with Crippen molar-refractivity contribution in [2.24, 2.45) is 0 Å². The van der Waals surface area contributed by atoms with Crippen molar-refractivity contribution in [1.29, 1.82) is 0 Å². The van der Waals surface area contributed by atoms with Crippen LogP contribution < -0.4 is 4.72 Å². The summed E-state index contributed by atoms with van der Waals surface area (Å²) in [5, 5.41) is 0.513. The Morgan fingerprint density at radius 1 is 0.967 bits per heavy atom. The van der Waals surface area contributed by atoms with Gasteiger partial charge in [0.05, 0.1) is 16.5 Å². The number of carbonyl (C=O) groups is 1. The average Bonchev–Trinajstić information content (AvgIpc) is 2.73. The molecule has 0 saturated heterocycles. The van der Waals surface area contributed by atoms with E-state index in [1.807, 2.05) is 37.3 Å². The zero-order chi connectivity index (χ0) is 21.6. The first-order valence-electron chi connectivity index (χ1n) is 9.39. The van der Waals surface area contributed by atoms with Gasteiger partial charge in [-0.2, -0.15) is 0 Å². The van der Waals surface area contributed by atoms with Crippen LogP contribution in [0.25, 0.3) is 0 Å². The molecule has 1 unspecified atom stereocenters. The lowest BCUT2D eigenvalue weighted by atomic mass is 10.1. The Morgan fingerprint density at radius 2 is 1.60 bits per heavy atom. The van der Waals surface area contributed by atoms with Gasteiger partial charge in [-0.25, -0.2) is 17.9 Å². The second-order valence-electron chi connectivity index (χ2n) is 6.93. The molecule has 3 rings (SSSR count). The predicted molar refractivity (Wildman–Crippen MR) is 117 cm³/mol. The predicted octanol–water partition coefficient (Wildman–Crippen LogP) is 4.40. The van der Waals surface area contributed by atoms with Crippen LogP contribution in [0, 0.1) is 6.92 Å². The van der Waals surface area contributed by atoms with Crippen LogP contribution >= 0.6 is 11.6 Å². The Hall–Kier alpha value is -2.67. The number of halogens is 1. The third kappa shape index (κ3) is 6.16. The van der Waals surface area contributed by atoms with Crippen molar-refractivity contribution < 1.29 is 17.9 Å². The maximum absolute atomic E-state index is 12.8. The Morgan fingerprint density at radius 3 is 2.23 bits per heavy atom. The van der Waals surface area contributed by atoms with Gasteiger partial charge in [0.1, 0.15) is 6.61 Å². The summed E-state index contributed by atoms with van der Waals surface area (Å²) in [6, 6.07) is 21.7. The van der Waals surface area contributed by atoms with E-state index in [1.54, 1.807) is 48.5 Å². The SMILES string of the molecule is Cc1ccc(S(=O)(=O)NC(COC(=O)c2ccc(Cl)cc2)Cc2ccccc2)cc1. The monoisotopic (exact) mass is 443 g/mol. The van der Waals surface area contributed by atoms with Gasteiger partial charge in [0.25, 0.3) is 0 Å². The molecule has 0 aliphatic carbocycles. The van der Waals surface area contributed by atoms with Gasteiger partial charge in [-0.05, 0) is 55.3 Å². The molecule has 0 bridgehead atoms. The topological polar surface area (TPSA) is 72.5 Å². The lowest BCUT2D eigenvalue weighted by Crippen LogP contribution is -2.40. The normalized spacial score (nSPS) is 12.3. The molecule has 0 heterocycles. The van der Waals surface area contributed by atoms with Gasteiger partial charge >= 0.3 is 5.97 Å². The van der Waals surface area contributed by atoms with Gasteiger partial charge in [-0.1, -0.05) is 59.6 Å². The molecule has 1 atom stereocenters. The van der Waals surface area contributed by atoms with Gasteiger partial charge in [-0.3, -0.25) is 0 Å². The molecule has 0 amide bonds. The number of rotatable bonds is 8. The van der Waals surface area contributed by atoms with E-state index < -0.39 is 22.0 Å². The fraction of sp³-hybridized carbons (Fsp3) is 0.174. The molecule has 7 heteroatoms. The number of hydrogen-bond donors (Lipinski definition) is 1. The molecular weight excluding hydrogens is 422 g/mol. The maximum Gasteiger partial charge on any atom is 0.338 e. The van der Waals surface area contributed by atoms with Crippen LogP contribution in [0.1, 0.15) is 21.5 Å². The molecule has 0 radical (unpaired) electrons. The molecule has 3 aromatic rings. The van der Waals surface area contributed by atoms with Crippen molar-refractivity contribution in [2.45, 2.75) is 24.3 Å². The highest BCUT2D eigenvalue weighted by Gasteiger charge is 2.22. The first-order chi connectivity index (χ1) is 14.3. The van der Waals surface area contributed by atoms with Gasteiger partial charge in [0.15, 0.2) is 0 Å². The van der Waals surface area contributed by atoms with E-state index in [0.29, 0.717) is 17.0 Å². The molecular formula is C23H22ClNO4S. The largest absolute Gasteiger partial charge is 0.460 e. The number of carbonyl (C=O) groups excluding carboxylic acids is 1. The maximum atomic E-state index is 12.8. The summed E-state index contributed by atoms with van der Waals surface area (Å²) in [7, 11) is -3.77. The number of benzene rings is 3. The van der Waals surface area contributed by atoms with Crippen molar-refractivity contribution in [3.05, 3.63) is 101 Å². The summed E-state index contributed by atoms with van der Waals surface area (Å²) in [6.45, 7) is 1.78. The second-order valence-corrected chi connectivity index (χ2v) is 9.08. The third-order valence-corrected chi connectivity index (χ3v) is 6.26. The van der Waals surface area contributed by atoms with E-state index in [-0.39, 0.29) is 11.5 Å². The van der Waals surface area contributed by atoms with E-state index in [9.17, 15) is 13.2 Å². The number of sulfonamides is 1. The van der Waals surface area contributed by atoms with Crippen LogP contribution in [0.4, 0.5) is 0 Å². The lowest BCUT2D eigenvalue weighted by Gasteiger charge is -2.19. The molecule has 0 aliphatic heterocycles. The van der Waals surface area contributed by atoms with E-state index >= 15 is 0 Å². The van der Waals surface area contributed by atoms with Gasteiger partial charge < -0.3 is 4.74 Å². The fourth-order valence-corrected chi connectivity index (χ4v) is 4.23. The molecule has 0 aliphatic rings. The average molecular weight is 444 g/mol. The van der Waals surface area contributed by atoms with E-state index in [1.165, 1.54) is 0 Å². The number of nitrogens with one attached hydrogen (secondary N) is 1. The van der Waals surface area contributed by atoms with Crippen molar-refractivity contribution >= 4 is 27.6 Å². The summed E-state index contributed by atoms with van der Waals surface area (Å²) in [5.41, 5.74) is 2.24. The number of hydrogen-bond acceptors (Lipinski definition) is 4. The summed E-state index contributed by atoms with van der Waals surface area (Å²) in [4.78, 5) is 12.5. The van der Waals surface area contributed by atoms with Crippen LogP contribution in [0.15, 0.2) is 83.8 Å². The minimum atomic E-state index is -3.77. The quantitative estimate of drug-likeness (QED) is 0.524. The smallest absolute Gasteiger partial charge is 0.338 e. The summed E-state index contributed by atoms with van der Waals surface area (Å²) < 4.78 is 33.7. The molecule has 0 saturated carbocycles. The highest BCUT2D eigenvalue weighted by Crippen LogP contribution is 2.14. The molecule has 5 nitrogen and oxygen atoms in total. The van der Waals surface area contributed by atoms with Gasteiger partial charge in [0, 0.05) is 5.02 Å². The van der Waals surface area contributed by atoms with Crippen molar-refractivity contribution in [2.75, 3.05) is 6.61 Å². The second kappa shape index (κ2) is 9.89. The van der Waals surface area contributed by atoms with Crippen LogP contribution in [-0.2, 0) is 21.2 Å². The van der Waals surface area contributed by atoms with Crippen molar-refractivity contribution in [3.63, 3.8) is 0 Å². The first kappa shape index (κ1) is 22.0. The summed E-state index contributed by atoms with van der Waals surface area (Å²) in [6.07, 6.45) is 0.375. The Balaban J connectivity index is 1.75. The molecule has 30 heavy (non-hydrogen) atoms. The van der Waals surface area contributed by atoms with Crippen LogP contribution in [0.2, 0.25) is 5.02 Å². The van der Waals surface area contributed by atoms with Crippen molar-refractivity contribution in [1.82, 2.24) is 4.72 Å². The van der Waals surface area contributed by atoms with E-state index in [0.717, 1.165) is 11.1 Å². The number of ether oxygens (including phenoxy) is 1. The van der Waals surface area contributed by atoms with E-state index in [4.69, 9.17) is 16.3 Å². The Kier molecular flexibility index (Phi) is 7.26. The van der Waals surface area contributed by atoms with E-state index in [2.05, 4.69) is 4.72 Å². The first-order valence-corrected chi connectivity index (χ1v) is 11.3. The van der Waals surface area contributed by atoms with Gasteiger partial charge in [0.2, 0.25) is 10.0 Å². The number of esters is 1. The molecule has 0 aromatic heterocycles. The third-order valence-electron chi connectivity index (χ3n) is 4.47. The van der Waals surface area contributed by atoms with Crippen molar-refractivity contribution in [3.8, 4) is 0 Å². The highest BCUT2D eigenvalue weighted by molar-refractivity contribution is 7.89. The minimum Gasteiger partial charge on any atom is -0.460 e. The summed E-state index contributed by atoms with van der Waals surface area (Å²) in [5.74, 6) is -0.542. The number of aryl methyl sites for hydroxylation is 1. The van der Waals surface area contributed by atoms with Gasteiger partial charge in [-0.15, -0.1) is 0 Å².